The highest BCUT2D eigenvalue weighted by Gasteiger charge is 2.40. The van der Waals surface area contributed by atoms with Gasteiger partial charge in [0.2, 0.25) is 0 Å². The molecule has 2 N–H and O–H groups in total. The molecular weight excluding hydrogens is 246 g/mol. The first-order valence-electron chi connectivity index (χ1n) is 6.07. The molecule has 0 aliphatic carbocycles. The maximum Gasteiger partial charge on any atom is 0.311 e. The Kier molecular flexibility index (Phi) is 3.97. The second-order valence-electron chi connectivity index (χ2n) is 4.60. The van der Waals surface area contributed by atoms with E-state index in [1.54, 1.807) is 12.1 Å². The first kappa shape index (κ1) is 13.3. The van der Waals surface area contributed by atoms with E-state index in [9.17, 15) is 9.90 Å². The molecule has 2 heterocycles. The molecule has 6 nitrogen and oxygen atoms in total. The van der Waals surface area contributed by atoms with Crippen LogP contribution in [0.25, 0.3) is 0 Å². The number of rotatable bonds is 4. The molecule has 1 aliphatic heterocycles. The van der Waals surface area contributed by atoms with E-state index >= 15 is 0 Å². The molecule has 0 unspecified atom stereocenters. The Bertz CT molecular complexity index is 487. The van der Waals surface area contributed by atoms with Crippen LogP contribution >= 0.6 is 0 Å². The standard InChI is InChI=1S/C13H15N3O3/c14-7-10-1-2-11(15-8-10)16-9-13(12(17)18)3-5-19-6-4-13/h1-2,8H,3-6,9H2,(H,15,16)(H,17,18). The average molecular weight is 261 g/mol. The molecule has 0 saturated carbocycles. The predicted octanol–water partition coefficient (Wildman–Crippen LogP) is 1.25. The van der Waals surface area contributed by atoms with Crippen molar-refractivity contribution in [2.75, 3.05) is 25.1 Å². The number of carbonyl (C=O) groups is 1. The smallest absolute Gasteiger partial charge is 0.311 e. The van der Waals surface area contributed by atoms with Crippen molar-refractivity contribution < 1.29 is 14.6 Å². The fourth-order valence-electron chi connectivity index (χ4n) is 2.05. The zero-order valence-electron chi connectivity index (χ0n) is 10.4. The van der Waals surface area contributed by atoms with Gasteiger partial charge in [0.1, 0.15) is 11.9 Å². The van der Waals surface area contributed by atoms with Gasteiger partial charge in [0, 0.05) is 26.0 Å². The summed E-state index contributed by atoms with van der Waals surface area (Å²) in [5.41, 5.74) is -0.321. The molecule has 100 valence electrons. The van der Waals surface area contributed by atoms with Gasteiger partial charge in [0.05, 0.1) is 11.0 Å². The predicted molar refractivity (Wildman–Crippen MR) is 67.6 cm³/mol. The summed E-state index contributed by atoms with van der Waals surface area (Å²) in [6, 6.07) is 5.30. The molecule has 6 heteroatoms. The van der Waals surface area contributed by atoms with E-state index in [2.05, 4.69) is 10.3 Å². The van der Waals surface area contributed by atoms with Crippen LogP contribution in [0.1, 0.15) is 18.4 Å². The van der Waals surface area contributed by atoms with Gasteiger partial charge in [-0.3, -0.25) is 4.79 Å². The molecule has 1 fully saturated rings. The van der Waals surface area contributed by atoms with Crippen molar-refractivity contribution in [2.24, 2.45) is 5.41 Å². The van der Waals surface area contributed by atoms with Crippen molar-refractivity contribution >= 4 is 11.8 Å². The average Bonchev–Trinajstić information content (AvgIpc) is 2.46. The fraction of sp³-hybridized carbons (Fsp3) is 0.462. The number of aromatic nitrogens is 1. The number of pyridine rings is 1. The number of ether oxygens (including phenoxy) is 1. The Hall–Kier alpha value is -2.13. The van der Waals surface area contributed by atoms with Crippen LogP contribution in [-0.4, -0.2) is 35.8 Å². The molecule has 1 aliphatic rings. The van der Waals surface area contributed by atoms with Crippen molar-refractivity contribution in [1.82, 2.24) is 4.98 Å². The van der Waals surface area contributed by atoms with Crippen LogP contribution in [0.5, 0.6) is 0 Å². The molecular formula is C13H15N3O3. The Morgan fingerprint density at radius 2 is 2.26 bits per heavy atom. The van der Waals surface area contributed by atoms with Crippen LogP contribution in [0, 0.1) is 16.7 Å². The van der Waals surface area contributed by atoms with E-state index in [1.807, 2.05) is 6.07 Å². The summed E-state index contributed by atoms with van der Waals surface area (Å²) in [4.78, 5) is 15.5. The molecule has 0 bridgehead atoms. The second-order valence-corrected chi connectivity index (χ2v) is 4.60. The van der Waals surface area contributed by atoms with Gasteiger partial charge < -0.3 is 15.2 Å². The van der Waals surface area contributed by atoms with Crippen molar-refractivity contribution in [3.63, 3.8) is 0 Å². The molecule has 1 saturated heterocycles. The highest BCUT2D eigenvalue weighted by atomic mass is 16.5. The molecule has 19 heavy (non-hydrogen) atoms. The van der Waals surface area contributed by atoms with E-state index < -0.39 is 11.4 Å². The fourth-order valence-corrected chi connectivity index (χ4v) is 2.05. The van der Waals surface area contributed by atoms with Gasteiger partial charge in [0.25, 0.3) is 0 Å². The molecule has 0 atom stereocenters. The van der Waals surface area contributed by atoms with Crippen molar-refractivity contribution in [1.29, 1.82) is 5.26 Å². The summed E-state index contributed by atoms with van der Waals surface area (Å²) in [6.07, 6.45) is 2.44. The summed E-state index contributed by atoms with van der Waals surface area (Å²) in [5.74, 6) is -0.233. The number of carboxylic acids is 1. The van der Waals surface area contributed by atoms with Crippen LogP contribution in [0.4, 0.5) is 5.82 Å². The third-order valence-electron chi connectivity index (χ3n) is 3.40. The van der Waals surface area contributed by atoms with Crippen LogP contribution < -0.4 is 5.32 Å². The summed E-state index contributed by atoms with van der Waals surface area (Å²) in [5, 5.41) is 21.1. The van der Waals surface area contributed by atoms with E-state index in [0.717, 1.165) is 0 Å². The molecule has 0 radical (unpaired) electrons. The van der Waals surface area contributed by atoms with Crippen LogP contribution in [0.15, 0.2) is 18.3 Å². The zero-order valence-corrected chi connectivity index (χ0v) is 10.4. The molecule has 0 aromatic carbocycles. The van der Waals surface area contributed by atoms with Crippen LogP contribution in [0.3, 0.4) is 0 Å². The van der Waals surface area contributed by atoms with Gasteiger partial charge in [-0.25, -0.2) is 4.98 Å². The first-order chi connectivity index (χ1) is 9.16. The highest BCUT2D eigenvalue weighted by molar-refractivity contribution is 5.75. The van der Waals surface area contributed by atoms with Gasteiger partial charge in [-0.15, -0.1) is 0 Å². The molecule has 1 aromatic heterocycles. The molecule has 1 aromatic rings. The summed E-state index contributed by atoms with van der Waals surface area (Å²) < 4.78 is 5.21. The SMILES string of the molecule is N#Cc1ccc(NCC2(C(=O)O)CCOCC2)nc1. The Morgan fingerprint density at radius 1 is 1.53 bits per heavy atom. The van der Waals surface area contributed by atoms with E-state index in [-0.39, 0.29) is 0 Å². The number of nitrogens with zero attached hydrogens (tertiary/aromatic N) is 2. The van der Waals surface area contributed by atoms with Crippen LogP contribution in [-0.2, 0) is 9.53 Å². The quantitative estimate of drug-likeness (QED) is 0.846. The summed E-state index contributed by atoms with van der Waals surface area (Å²) in [7, 11) is 0. The minimum absolute atomic E-state index is 0.310. The van der Waals surface area contributed by atoms with Gasteiger partial charge in [0.15, 0.2) is 0 Å². The third kappa shape index (κ3) is 3.01. The number of nitriles is 1. The Labute approximate surface area is 111 Å². The Morgan fingerprint density at radius 3 is 2.79 bits per heavy atom. The van der Waals surface area contributed by atoms with Crippen molar-refractivity contribution in [2.45, 2.75) is 12.8 Å². The largest absolute Gasteiger partial charge is 0.481 e. The maximum atomic E-state index is 11.4. The number of anilines is 1. The van der Waals surface area contributed by atoms with Crippen molar-refractivity contribution in [3.8, 4) is 6.07 Å². The normalized spacial score (nSPS) is 17.4. The monoisotopic (exact) mass is 261 g/mol. The number of carboxylic acid groups (broad SMARTS) is 1. The third-order valence-corrected chi connectivity index (χ3v) is 3.40. The van der Waals surface area contributed by atoms with Gasteiger partial charge in [-0.1, -0.05) is 0 Å². The molecule has 2 rings (SSSR count). The zero-order chi connectivity index (χ0) is 13.7. The van der Waals surface area contributed by atoms with Gasteiger partial charge in [-0.2, -0.15) is 5.26 Å². The molecule has 0 amide bonds. The lowest BCUT2D eigenvalue weighted by molar-refractivity contribution is -0.153. The number of nitrogens with one attached hydrogen (secondary N) is 1. The minimum Gasteiger partial charge on any atom is -0.481 e. The van der Waals surface area contributed by atoms with E-state index in [1.165, 1.54) is 6.20 Å². The number of aliphatic carboxylic acids is 1. The highest BCUT2D eigenvalue weighted by Crippen LogP contribution is 2.31. The van der Waals surface area contributed by atoms with E-state index in [4.69, 9.17) is 10.00 Å². The van der Waals surface area contributed by atoms with Gasteiger partial charge >= 0.3 is 5.97 Å². The lowest BCUT2D eigenvalue weighted by Crippen LogP contribution is -2.42. The first-order valence-corrected chi connectivity index (χ1v) is 6.07. The maximum absolute atomic E-state index is 11.4. The van der Waals surface area contributed by atoms with E-state index in [0.29, 0.717) is 44.0 Å². The lowest BCUT2D eigenvalue weighted by Gasteiger charge is -2.33. The topological polar surface area (TPSA) is 95.2 Å². The number of hydrogen-bond acceptors (Lipinski definition) is 5. The summed E-state index contributed by atoms with van der Waals surface area (Å²) >= 11 is 0. The second kappa shape index (κ2) is 5.67. The number of hydrogen-bond donors (Lipinski definition) is 2. The summed E-state index contributed by atoms with van der Waals surface area (Å²) in [6.45, 7) is 1.24. The minimum atomic E-state index is -0.808. The van der Waals surface area contributed by atoms with Gasteiger partial charge in [-0.05, 0) is 25.0 Å². The molecule has 0 spiro atoms. The van der Waals surface area contributed by atoms with Crippen molar-refractivity contribution in [3.05, 3.63) is 23.9 Å². The Balaban J connectivity index is 2.02. The van der Waals surface area contributed by atoms with Crippen LogP contribution in [0.2, 0.25) is 0 Å². The lowest BCUT2D eigenvalue weighted by atomic mass is 9.80.